The quantitative estimate of drug-likeness (QED) is 0.715. The van der Waals surface area contributed by atoms with Crippen molar-refractivity contribution in [2.24, 2.45) is 0 Å². The molecule has 1 heterocycles. The maximum absolute atomic E-state index is 12.7. The third-order valence-electron chi connectivity index (χ3n) is 5.14. The second-order valence-corrected chi connectivity index (χ2v) is 8.82. The Morgan fingerprint density at radius 1 is 0.938 bits per heavy atom. The maximum atomic E-state index is 12.7. The van der Waals surface area contributed by atoms with Crippen molar-refractivity contribution in [3.05, 3.63) is 65.7 Å². The van der Waals surface area contributed by atoms with E-state index in [1.165, 1.54) is 0 Å². The fraction of sp³-hybridized carbons (Fsp3) is 0.440. The summed E-state index contributed by atoms with van der Waals surface area (Å²) in [5.74, 6) is 0.665. The zero-order valence-corrected chi connectivity index (χ0v) is 19.2. The first kappa shape index (κ1) is 23.6. The van der Waals surface area contributed by atoms with Crippen LogP contribution in [0.3, 0.4) is 0 Å². The second kappa shape index (κ2) is 11.0. The van der Waals surface area contributed by atoms with Gasteiger partial charge in [-0.3, -0.25) is 9.69 Å². The van der Waals surface area contributed by atoms with Gasteiger partial charge in [0, 0.05) is 50.4 Å². The molecule has 0 saturated carbocycles. The number of hydrogen-bond acceptors (Lipinski definition) is 5. The molecule has 2 aromatic rings. The standard InChI is InChI=1S/C25H33N3O4/c1-25(2,3)32-24(30)28-17-15-27(16-18-28)14-13-26-23(29)22-12-8-7-9-20(22)19-31-21-10-5-4-6-11-21/h4-12H,13-19H2,1-3H3,(H,26,29). The average molecular weight is 440 g/mol. The van der Waals surface area contributed by atoms with Crippen molar-refractivity contribution in [2.45, 2.75) is 33.0 Å². The number of amides is 2. The zero-order valence-electron chi connectivity index (χ0n) is 19.2. The van der Waals surface area contributed by atoms with Gasteiger partial charge in [0.2, 0.25) is 0 Å². The van der Waals surface area contributed by atoms with Crippen molar-refractivity contribution in [3.8, 4) is 5.75 Å². The van der Waals surface area contributed by atoms with Crippen LogP contribution in [-0.2, 0) is 11.3 Å². The summed E-state index contributed by atoms with van der Waals surface area (Å²) in [6, 6.07) is 17.1. The predicted octanol–water partition coefficient (Wildman–Crippen LogP) is 3.55. The predicted molar refractivity (Wildman–Crippen MR) is 124 cm³/mol. The van der Waals surface area contributed by atoms with Gasteiger partial charge in [-0.15, -0.1) is 0 Å². The molecule has 1 N–H and O–H groups in total. The summed E-state index contributed by atoms with van der Waals surface area (Å²) in [4.78, 5) is 28.9. The molecule has 1 aliphatic rings. The maximum Gasteiger partial charge on any atom is 0.410 e. The van der Waals surface area contributed by atoms with Crippen LogP contribution in [0.15, 0.2) is 54.6 Å². The highest BCUT2D eigenvalue weighted by Gasteiger charge is 2.25. The van der Waals surface area contributed by atoms with E-state index in [4.69, 9.17) is 9.47 Å². The SMILES string of the molecule is CC(C)(C)OC(=O)N1CCN(CCNC(=O)c2ccccc2COc2ccccc2)CC1. The smallest absolute Gasteiger partial charge is 0.410 e. The lowest BCUT2D eigenvalue weighted by atomic mass is 10.1. The molecule has 172 valence electrons. The van der Waals surface area contributed by atoms with Crippen molar-refractivity contribution < 1.29 is 19.1 Å². The van der Waals surface area contributed by atoms with Gasteiger partial charge < -0.3 is 19.7 Å². The van der Waals surface area contributed by atoms with Crippen LogP contribution in [0.25, 0.3) is 0 Å². The number of nitrogens with one attached hydrogen (secondary N) is 1. The lowest BCUT2D eigenvalue weighted by molar-refractivity contribution is 0.0147. The topological polar surface area (TPSA) is 71.1 Å². The van der Waals surface area contributed by atoms with Gasteiger partial charge in [-0.1, -0.05) is 36.4 Å². The molecule has 7 nitrogen and oxygen atoms in total. The van der Waals surface area contributed by atoms with E-state index in [-0.39, 0.29) is 12.0 Å². The first-order valence-corrected chi connectivity index (χ1v) is 11.1. The molecule has 0 aliphatic carbocycles. The third-order valence-corrected chi connectivity index (χ3v) is 5.14. The number of benzene rings is 2. The highest BCUT2D eigenvalue weighted by molar-refractivity contribution is 5.95. The van der Waals surface area contributed by atoms with Crippen LogP contribution in [-0.4, -0.2) is 66.7 Å². The molecule has 0 unspecified atom stereocenters. The summed E-state index contributed by atoms with van der Waals surface area (Å²) in [7, 11) is 0. The molecule has 0 radical (unpaired) electrons. The van der Waals surface area contributed by atoms with Crippen LogP contribution in [0.5, 0.6) is 5.75 Å². The van der Waals surface area contributed by atoms with Gasteiger partial charge in [-0.25, -0.2) is 4.79 Å². The third kappa shape index (κ3) is 7.27. The molecule has 1 saturated heterocycles. The molecule has 0 spiro atoms. The van der Waals surface area contributed by atoms with Gasteiger partial charge in [0.15, 0.2) is 0 Å². The van der Waals surface area contributed by atoms with E-state index in [0.717, 1.165) is 30.9 Å². The van der Waals surface area contributed by atoms with Crippen molar-refractivity contribution in [1.29, 1.82) is 0 Å². The molecule has 32 heavy (non-hydrogen) atoms. The number of para-hydroxylation sites is 1. The van der Waals surface area contributed by atoms with Gasteiger partial charge in [-0.05, 0) is 39.0 Å². The average Bonchev–Trinajstić information content (AvgIpc) is 2.78. The minimum atomic E-state index is -0.485. The molecule has 3 rings (SSSR count). The monoisotopic (exact) mass is 439 g/mol. The highest BCUT2D eigenvalue weighted by Crippen LogP contribution is 2.15. The Bertz CT molecular complexity index is 888. The Labute approximate surface area is 190 Å². The Morgan fingerprint density at radius 3 is 2.28 bits per heavy atom. The van der Waals surface area contributed by atoms with Gasteiger partial charge in [-0.2, -0.15) is 0 Å². The summed E-state index contributed by atoms with van der Waals surface area (Å²) in [6.45, 7) is 10.00. The van der Waals surface area contributed by atoms with E-state index in [1.54, 1.807) is 4.90 Å². The van der Waals surface area contributed by atoms with E-state index >= 15 is 0 Å². The fourth-order valence-corrected chi connectivity index (χ4v) is 3.45. The second-order valence-electron chi connectivity index (χ2n) is 8.82. The molecule has 0 bridgehead atoms. The molecule has 7 heteroatoms. The molecule has 1 fully saturated rings. The number of ether oxygens (including phenoxy) is 2. The van der Waals surface area contributed by atoms with E-state index in [2.05, 4.69) is 10.2 Å². The number of piperazine rings is 1. The summed E-state index contributed by atoms with van der Waals surface area (Å²) < 4.78 is 11.2. The van der Waals surface area contributed by atoms with Gasteiger partial charge in [0.25, 0.3) is 5.91 Å². The zero-order chi connectivity index (χ0) is 23.0. The number of nitrogens with zero attached hydrogens (tertiary/aromatic N) is 2. The van der Waals surface area contributed by atoms with Crippen molar-refractivity contribution >= 4 is 12.0 Å². The minimum Gasteiger partial charge on any atom is -0.489 e. The van der Waals surface area contributed by atoms with Gasteiger partial charge >= 0.3 is 6.09 Å². The molecule has 1 aliphatic heterocycles. The molecular formula is C25H33N3O4. The van der Waals surface area contributed by atoms with Crippen LogP contribution in [0, 0.1) is 0 Å². The van der Waals surface area contributed by atoms with Crippen molar-refractivity contribution in [1.82, 2.24) is 15.1 Å². The Morgan fingerprint density at radius 2 is 1.59 bits per heavy atom. The molecule has 2 aromatic carbocycles. The molecule has 0 aromatic heterocycles. The van der Waals surface area contributed by atoms with E-state index in [0.29, 0.717) is 31.8 Å². The van der Waals surface area contributed by atoms with Crippen LogP contribution in [0.1, 0.15) is 36.7 Å². The Balaban J connectivity index is 1.42. The normalized spacial score (nSPS) is 14.7. The highest BCUT2D eigenvalue weighted by atomic mass is 16.6. The van der Waals surface area contributed by atoms with Crippen molar-refractivity contribution in [2.75, 3.05) is 39.3 Å². The minimum absolute atomic E-state index is 0.107. The summed E-state index contributed by atoms with van der Waals surface area (Å²) >= 11 is 0. The number of hydrogen-bond donors (Lipinski definition) is 1. The first-order chi connectivity index (χ1) is 15.3. The number of carbonyl (C=O) groups is 2. The summed E-state index contributed by atoms with van der Waals surface area (Å²) in [5.41, 5.74) is 0.985. The number of rotatable bonds is 7. The van der Waals surface area contributed by atoms with Crippen molar-refractivity contribution in [3.63, 3.8) is 0 Å². The van der Waals surface area contributed by atoms with Crippen LogP contribution in [0.2, 0.25) is 0 Å². The van der Waals surface area contributed by atoms with Gasteiger partial charge in [0.1, 0.15) is 18.0 Å². The number of carbonyl (C=O) groups excluding carboxylic acids is 2. The Kier molecular flexibility index (Phi) is 8.11. The fourth-order valence-electron chi connectivity index (χ4n) is 3.45. The lowest BCUT2D eigenvalue weighted by Gasteiger charge is -2.35. The van der Waals surface area contributed by atoms with Crippen LogP contribution >= 0.6 is 0 Å². The Hall–Kier alpha value is -3.06. The summed E-state index contributed by atoms with van der Waals surface area (Å²) in [6.07, 6.45) is -0.264. The van der Waals surface area contributed by atoms with Crippen LogP contribution in [0.4, 0.5) is 4.79 Å². The lowest BCUT2D eigenvalue weighted by Crippen LogP contribution is -2.51. The molecule has 2 amide bonds. The first-order valence-electron chi connectivity index (χ1n) is 11.1. The van der Waals surface area contributed by atoms with Gasteiger partial charge in [0.05, 0.1) is 0 Å². The van der Waals surface area contributed by atoms with E-state index in [1.807, 2.05) is 75.4 Å². The molecule has 0 atom stereocenters. The van der Waals surface area contributed by atoms with E-state index < -0.39 is 5.60 Å². The summed E-state index contributed by atoms with van der Waals surface area (Å²) in [5, 5.41) is 3.01. The van der Waals surface area contributed by atoms with E-state index in [9.17, 15) is 9.59 Å². The largest absolute Gasteiger partial charge is 0.489 e. The van der Waals surface area contributed by atoms with Crippen LogP contribution < -0.4 is 10.1 Å². The molecular weight excluding hydrogens is 406 g/mol.